The number of likely N-dealkylation sites (N-methyl/N-ethyl adjacent to an activating group) is 1. The van der Waals surface area contributed by atoms with Crippen molar-refractivity contribution in [1.29, 1.82) is 0 Å². The third-order valence-corrected chi connectivity index (χ3v) is 6.94. The summed E-state index contributed by atoms with van der Waals surface area (Å²) in [6.45, 7) is 14.3. The Morgan fingerprint density at radius 2 is 1.47 bits per heavy atom. The topological polar surface area (TPSA) is 13.0 Å². The molecule has 4 nitrogen and oxygen atoms in total. The van der Waals surface area contributed by atoms with Gasteiger partial charge in [0.15, 0.2) is 0 Å². The predicted molar refractivity (Wildman–Crippen MR) is 124 cm³/mol. The summed E-state index contributed by atoms with van der Waals surface area (Å²) in [5.74, 6) is -0.0940. The molecule has 0 unspecified atom stereocenters. The van der Waals surface area contributed by atoms with Crippen molar-refractivity contribution in [3.05, 3.63) is 59.4 Å². The summed E-state index contributed by atoms with van der Waals surface area (Å²) in [5, 5.41) is 0. The number of benzene rings is 2. The molecule has 162 valence electrons. The van der Waals surface area contributed by atoms with Gasteiger partial charge >= 0.3 is 0 Å². The first-order valence-corrected chi connectivity index (χ1v) is 11.1. The van der Waals surface area contributed by atoms with Crippen molar-refractivity contribution in [3.63, 3.8) is 0 Å². The largest absolute Gasteiger partial charge is 0.369 e. The Morgan fingerprint density at radius 1 is 0.800 bits per heavy atom. The van der Waals surface area contributed by atoms with Crippen LogP contribution in [0.5, 0.6) is 0 Å². The number of nitrogens with zero attached hydrogens (tertiary/aromatic N) is 4. The first-order chi connectivity index (χ1) is 14.3. The van der Waals surface area contributed by atoms with Crippen LogP contribution < -0.4 is 9.80 Å². The normalized spacial score (nSPS) is 19.4. The van der Waals surface area contributed by atoms with E-state index >= 15 is 4.39 Å². The lowest BCUT2D eigenvalue weighted by Crippen LogP contribution is -2.53. The Hall–Kier alpha value is -2.11. The molecule has 0 atom stereocenters. The number of anilines is 2. The van der Waals surface area contributed by atoms with E-state index in [4.69, 9.17) is 0 Å². The fraction of sp³-hybridized carbons (Fsp3) is 0.520. The van der Waals surface area contributed by atoms with Crippen LogP contribution >= 0.6 is 0 Å². The van der Waals surface area contributed by atoms with Crippen molar-refractivity contribution in [2.24, 2.45) is 0 Å². The zero-order valence-electron chi connectivity index (χ0n) is 18.9. The quantitative estimate of drug-likeness (QED) is 0.757. The molecule has 0 N–H and O–H groups in total. The maximum atomic E-state index is 15.1. The Bertz CT molecular complexity index is 865. The summed E-state index contributed by atoms with van der Waals surface area (Å²) in [7, 11) is 2.12. The van der Waals surface area contributed by atoms with E-state index in [2.05, 4.69) is 77.8 Å². The molecule has 2 saturated heterocycles. The molecule has 2 aromatic rings. The van der Waals surface area contributed by atoms with E-state index in [0.29, 0.717) is 0 Å². The van der Waals surface area contributed by atoms with E-state index in [0.717, 1.165) is 63.6 Å². The average molecular weight is 411 g/mol. The summed E-state index contributed by atoms with van der Waals surface area (Å²) >= 11 is 0. The number of hydrogen-bond donors (Lipinski definition) is 0. The summed E-state index contributed by atoms with van der Waals surface area (Å²) in [6.07, 6.45) is 0. The Kier molecular flexibility index (Phi) is 6.03. The third kappa shape index (κ3) is 4.33. The lowest BCUT2D eigenvalue weighted by Gasteiger charge is -2.45. The highest BCUT2D eigenvalue weighted by Gasteiger charge is 2.32. The van der Waals surface area contributed by atoms with Crippen LogP contribution in [0.4, 0.5) is 15.8 Å². The van der Waals surface area contributed by atoms with E-state index in [9.17, 15) is 0 Å². The molecule has 0 aromatic heterocycles. The molecule has 0 saturated carbocycles. The number of halogens is 1. The summed E-state index contributed by atoms with van der Waals surface area (Å²) < 4.78 is 15.1. The lowest BCUT2D eigenvalue weighted by atomic mass is 9.91. The molecule has 0 bridgehead atoms. The molecule has 4 rings (SSSR count). The van der Waals surface area contributed by atoms with Crippen LogP contribution in [0.1, 0.15) is 25.0 Å². The van der Waals surface area contributed by atoms with Crippen LogP contribution in [0.2, 0.25) is 0 Å². The fourth-order valence-electron chi connectivity index (χ4n) is 4.72. The van der Waals surface area contributed by atoms with Gasteiger partial charge in [-0.25, -0.2) is 4.39 Å². The summed E-state index contributed by atoms with van der Waals surface area (Å²) in [5.41, 5.74) is 4.20. The minimum Gasteiger partial charge on any atom is -0.369 e. The molecule has 2 aliphatic heterocycles. The van der Waals surface area contributed by atoms with Gasteiger partial charge in [0.2, 0.25) is 0 Å². The van der Waals surface area contributed by atoms with Crippen molar-refractivity contribution in [2.45, 2.75) is 26.3 Å². The van der Waals surface area contributed by atoms with Gasteiger partial charge in [-0.3, -0.25) is 4.90 Å². The van der Waals surface area contributed by atoms with Crippen LogP contribution in [0.3, 0.4) is 0 Å². The van der Waals surface area contributed by atoms with Crippen LogP contribution in [-0.4, -0.2) is 69.2 Å². The van der Waals surface area contributed by atoms with E-state index < -0.39 is 0 Å². The Balaban J connectivity index is 1.44. The minimum atomic E-state index is -0.194. The fourth-order valence-corrected chi connectivity index (χ4v) is 4.72. The third-order valence-electron chi connectivity index (χ3n) is 6.94. The molecule has 2 heterocycles. The highest BCUT2D eigenvalue weighted by molar-refractivity contribution is 5.51. The van der Waals surface area contributed by atoms with E-state index in [1.54, 1.807) is 6.07 Å². The summed E-state index contributed by atoms with van der Waals surface area (Å²) in [6, 6.07) is 14.6. The second-order valence-electron chi connectivity index (χ2n) is 9.33. The van der Waals surface area contributed by atoms with Crippen molar-refractivity contribution >= 4 is 11.4 Å². The van der Waals surface area contributed by atoms with Gasteiger partial charge in [0, 0.05) is 63.6 Å². The van der Waals surface area contributed by atoms with Crippen molar-refractivity contribution in [3.8, 4) is 0 Å². The number of hydrogen-bond acceptors (Lipinski definition) is 4. The molecule has 30 heavy (non-hydrogen) atoms. The SMILES string of the molecule is Cc1cccc(N2CCN(C(C)(C)c3ccc(N4CCN(C)CC4)c(F)c3)CC2)c1. The van der Waals surface area contributed by atoms with Crippen LogP contribution in [-0.2, 0) is 5.54 Å². The zero-order chi connectivity index (χ0) is 21.3. The highest BCUT2D eigenvalue weighted by atomic mass is 19.1. The minimum absolute atomic E-state index is 0.0940. The second kappa shape index (κ2) is 8.56. The zero-order valence-corrected chi connectivity index (χ0v) is 18.9. The van der Waals surface area contributed by atoms with E-state index in [1.807, 2.05) is 6.07 Å². The maximum Gasteiger partial charge on any atom is 0.146 e. The maximum absolute atomic E-state index is 15.1. The van der Waals surface area contributed by atoms with Gasteiger partial charge < -0.3 is 14.7 Å². The molecule has 2 aliphatic rings. The second-order valence-corrected chi connectivity index (χ2v) is 9.33. The van der Waals surface area contributed by atoms with Gasteiger partial charge in [0.1, 0.15) is 5.82 Å². The summed E-state index contributed by atoms with van der Waals surface area (Å²) in [4.78, 5) is 9.41. The smallest absolute Gasteiger partial charge is 0.146 e. The monoisotopic (exact) mass is 410 g/mol. The van der Waals surface area contributed by atoms with Crippen molar-refractivity contribution < 1.29 is 4.39 Å². The standard InChI is InChI=1S/C25H35FN4/c1-20-6-5-7-22(18-20)28-14-16-30(17-15-28)25(2,3)21-8-9-24(23(26)19-21)29-12-10-27(4)11-13-29/h5-9,18-19H,10-17H2,1-4H3. The van der Waals surface area contributed by atoms with Crippen LogP contribution in [0.15, 0.2) is 42.5 Å². The average Bonchev–Trinajstić information content (AvgIpc) is 2.74. The first kappa shape index (κ1) is 21.1. The number of piperazine rings is 2. The molecular formula is C25H35FN4. The van der Waals surface area contributed by atoms with Gasteiger partial charge in [0.25, 0.3) is 0 Å². The van der Waals surface area contributed by atoms with Gasteiger partial charge in [-0.1, -0.05) is 18.2 Å². The Morgan fingerprint density at radius 3 is 2.10 bits per heavy atom. The molecule has 5 heteroatoms. The highest BCUT2D eigenvalue weighted by Crippen LogP contribution is 2.33. The van der Waals surface area contributed by atoms with Gasteiger partial charge in [-0.2, -0.15) is 0 Å². The van der Waals surface area contributed by atoms with Gasteiger partial charge in [-0.15, -0.1) is 0 Å². The number of aryl methyl sites for hydroxylation is 1. The first-order valence-electron chi connectivity index (χ1n) is 11.1. The van der Waals surface area contributed by atoms with Crippen molar-refractivity contribution in [2.75, 3.05) is 69.2 Å². The number of rotatable bonds is 4. The van der Waals surface area contributed by atoms with E-state index in [-0.39, 0.29) is 11.4 Å². The van der Waals surface area contributed by atoms with Crippen molar-refractivity contribution in [1.82, 2.24) is 9.80 Å². The predicted octanol–water partition coefficient (Wildman–Crippen LogP) is 3.94. The molecule has 2 aromatic carbocycles. The van der Waals surface area contributed by atoms with E-state index in [1.165, 1.54) is 11.3 Å². The lowest BCUT2D eigenvalue weighted by molar-refractivity contribution is 0.111. The Labute approximate surface area is 180 Å². The van der Waals surface area contributed by atoms with Gasteiger partial charge in [-0.05, 0) is 63.2 Å². The van der Waals surface area contributed by atoms with Crippen LogP contribution in [0, 0.1) is 12.7 Å². The molecular weight excluding hydrogens is 375 g/mol. The van der Waals surface area contributed by atoms with Gasteiger partial charge in [0.05, 0.1) is 5.69 Å². The molecule has 0 amide bonds. The molecule has 0 aliphatic carbocycles. The molecule has 0 radical (unpaired) electrons. The molecule has 2 fully saturated rings. The van der Waals surface area contributed by atoms with Crippen LogP contribution in [0.25, 0.3) is 0 Å². The molecule has 0 spiro atoms.